The third-order valence-electron chi connectivity index (χ3n) is 3.13. The van der Waals surface area contributed by atoms with Crippen molar-refractivity contribution in [2.45, 2.75) is 12.3 Å². The van der Waals surface area contributed by atoms with Crippen molar-refractivity contribution >= 4 is 21.6 Å². The van der Waals surface area contributed by atoms with E-state index in [0.717, 1.165) is 22.6 Å². The van der Waals surface area contributed by atoms with Gasteiger partial charge in [0.1, 0.15) is 0 Å². The predicted octanol–water partition coefficient (Wildman–Crippen LogP) is 2.98. The van der Waals surface area contributed by atoms with Crippen molar-refractivity contribution in [2.75, 3.05) is 6.54 Å². The normalized spacial score (nSPS) is 12.7. The summed E-state index contributed by atoms with van der Waals surface area (Å²) >= 11 is 1.73. The van der Waals surface area contributed by atoms with Crippen LogP contribution in [0.3, 0.4) is 0 Å². The van der Waals surface area contributed by atoms with Crippen LogP contribution in [0.25, 0.3) is 10.2 Å². The van der Waals surface area contributed by atoms with Crippen molar-refractivity contribution in [2.24, 2.45) is 5.73 Å². The van der Waals surface area contributed by atoms with Gasteiger partial charge in [-0.1, -0.05) is 18.2 Å². The molecule has 19 heavy (non-hydrogen) atoms. The van der Waals surface area contributed by atoms with E-state index in [2.05, 4.69) is 11.1 Å². The van der Waals surface area contributed by atoms with Gasteiger partial charge in [-0.25, -0.2) is 4.98 Å². The topological polar surface area (TPSA) is 51.8 Å². The quantitative estimate of drug-likeness (QED) is 0.792. The Morgan fingerprint density at radius 1 is 1.11 bits per heavy atom. The van der Waals surface area contributed by atoms with Crippen LogP contribution in [0.2, 0.25) is 0 Å². The fraction of sp³-hybridized carbons (Fsp3) is 0.200. The average molecular weight is 269 g/mol. The van der Waals surface area contributed by atoms with Crippen LogP contribution in [0, 0.1) is 0 Å². The lowest BCUT2D eigenvalue weighted by Gasteiger charge is -2.10. The molecule has 1 unspecified atom stereocenters. The highest BCUT2D eigenvalue weighted by Gasteiger charge is 2.15. The zero-order chi connectivity index (χ0) is 13.1. The van der Waals surface area contributed by atoms with Gasteiger partial charge in [-0.15, -0.1) is 11.3 Å². The lowest BCUT2D eigenvalue weighted by atomic mass is 10.0. The molecule has 0 aliphatic heterocycles. The highest BCUT2D eigenvalue weighted by Crippen LogP contribution is 2.28. The molecule has 0 spiro atoms. The SMILES string of the molecule is NCC(Cc1ccccn1)c1nc2ccccc2s1. The molecule has 96 valence electrons. The van der Waals surface area contributed by atoms with Crippen LogP contribution in [-0.2, 0) is 6.42 Å². The second-order valence-electron chi connectivity index (χ2n) is 4.48. The molecule has 1 aromatic carbocycles. The van der Waals surface area contributed by atoms with Gasteiger partial charge in [0, 0.05) is 30.8 Å². The van der Waals surface area contributed by atoms with Gasteiger partial charge in [-0.3, -0.25) is 4.98 Å². The minimum absolute atomic E-state index is 0.243. The average Bonchev–Trinajstić information content (AvgIpc) is 2.89. The second-order valence-corrected chi connectivity index (χ2v) is 5.54. The molecule has 2 aromatic heterocycles. The molecule has 2 N–H and O–H groups in total. The molecular weight excluding hydrogens is 254 g/mol. The zero-order valence-electron chi connectivity index (χ0n) is 10.5. The Morgan fingerprint density at radius 3 is 2.68 bits per heavy atom. The van der Waals surface area contributed by atoms with Gasteiger partial charge in [0.05, 0.1) is 15.2 Å². The molecular formula is C15H15N3S. The van der Waals surface area contributed by atoms with Crippen molar-refractivity contribution in [1.29, 1.82) is 0 Å². The van der Waals surface area contributed by atoms with Crippen LogP contribution in [0.1, 0.15) is 16.6 Å². The number of benzene rings is 1. The Kier molecular flexibility index (Phi) is 3.53. The first-order valence-corrected chi connectivity index (χ1v) is 7.14. The number of para-hydroxylation sites is 1. The molecule has 3 rings (SSSR count). The Balaban J connectivity index is 1.89. The minimum Gasteiger partial charge on any atom is -0.330 e. The Morgan fingerprint density at radius 2 is 1.95 bits per heavy atom. The maximum Gasteiger partial charge on any atom is 0.0986 e. The number of pyridine rings is 1. The zero-order valence-corrected chi connectivity index (χ0v) is 11.3. The fourth-order valence-corrected chi connectivity index (χ4v) is 3.19. The molecule has 2 heterocycles. The number of hydrogen-bond acceptors (Lipinski definition) is 4. The summed E-state index contributed by atoms with van der Waals surface area (Å²) in [5.74, 6) is 0.243. The summed E-state index contributed by atoms with van der Waals surface area (Å²) in [6.45, 7) is 0.594. The first kappa shape index (κ1) is 12.3. The summed E-state index contributed by atoms with van der Waals surface area (Å²) in [5, 5.41) is 1.11. The van der Waals surface area contributed by atoms with Gasteiger partial charge in [0.15, 0.2) is 0 Å². The van der Waals surface area contributed by atoms with Crippen LogP contribution >= 0.6 is 11.3 Å². The number of nitrogens with two attached hydrogens (primary N) is 1. The fourth-order valence-electron chi connectivity index (χ4n) is 2.11. The Labute approximate surface area is 116 Å². The number of nitrogens with zero attached hydrogens (tertiary/aromatic N) is 2. The maximum absolute atomic E-state index is 5.91. The van der Waals surface area contributed by atoms with E-state index in [4.69, 9.17) is 10.7 Å². The summed E-state index contributed by atoms with van der Waals surface area (Å²) in [4.78, 5) is 9.06. The van der Waals surface area contributed by atoms with Crippen LogP contribution in [-0.4, -0.2) is 16.5 Å². The number of aromatic nitrogens is 2. The maximum atomic E-state index is 5.91. The van der Waals surface area contributed by atoms with Crippen molar-refractivity contribution in [3.05, 3.63) is 59.4 Å². The van der Waals surface area contributed by atoms with Crippen LogP contribution in [0.15, 0.2) is 48.7 Å². The van der Waals surface area contributed by atoms with E-state index >= 15 is 0 Å². The lowest BCUT2D eigenvalue weighted by molar-refractivity contribution is 0.678. The van der Waals surface area contributed by atoms with E-state index in [1.54, 1.807) is 11.3 Å². The molecule has 0 aliphatic carbocycles. The first-order valence-electron chi connectivity index (χ1n) is 6.32. The highest BCUT2D eigenvalue weighted by atomic mass is 32.1. The molecule has 0 bridgehead atoms. The molecule has 0 saturated heterocycles. The van der Waals surface area contributed by atoms with Gasteiger partial charge >= 0.3 is 0 Å². The number of fused-ring (bicyclic) bond motifs is 1. The summed E-state index contributed by atoms with van der Waals surface area (Å²) in [7, 11) is 0. The van der Waals surface area contributed by atoms with Crippen LogP contribution < -0.4 is 5.73 Å². The summed E-state index contributed by atoms with van der Waals surface area (Å²) in [6, 6.07) is 14.2. The van der Waals surface area contributed by atoms with Crippen molar-refractivity contribution in [3.63, 3.8) is 0 Å². The van der Waals surface area contributed by atoms with Crippen molar-refractivity contribution < 1.29 is 0 Å². The Hall–Kier alpha value is -1.78. The lowest BCUT2D eigenvalue weighted by Crippen LogP contribution is -2.15. The third kappa shape index (κ3) is 2.64. The minimum atomic E-state index is 0.243. The van der Waals surface area contributed by atoms with E-state index in [9.17, 15) is 0 Å². The smallest absolute Gasteiger partial charge is 0.0986 e. The summed E-state index contributed by atoms with van der Waals surface area (Å²) in [5.41, 5.74) is 8.04. The van der Waals surface area contributed by atoms with E-state index in [0.29, 0.717) is 6.54 Å². The number of thiazole rings is 1. The van der Waals surface area contributed by atoms with Gasteiger partial charge in [-0.2, -0.15) is 0 Å². The molecule has 0 amide bonds. The van der Waals surface area contributed by atoms with Gasteiger partial charge in [0.2, 0.25) is 0 Å². The van der Waals surface area contributed by atoms with E-state index in [1.165, 1.54) is 4.70 Å². The van der Waals surface area contributed by atoms with E-state index in [1.807, 2.05) is 42.6 Å². The number of rotatable bonds is 4. The molecule has 0 fully saturated rings. The van der Waals surface area contributed by atoms with Crippen LogP contribution in [0.4, 0.5) is 0 Å². The summed E-state index contributed by atoms with van der Waals surface area (Å²) in [6.07, 6.45) is 2.67. The highest BCUT2D eigenvalue weighted by molar-refractivity contribution is 7.18. The predicted molar refractivity (Wildman–Crippen MR) is 79.4 cm³/mol. The van der Waals surface area contributed by atoms with Gasteiger partial charge in [-0.05, 0) is 24.3 Å². The number of hydrogen-bond donors (Lipinski definition) is 1. The largest absolute Gasteiger partial charge is 0.330 e. The second kappa shape index (κ2) is 5.47. The van der Waals surface area contributed by atoms with Crippen LogP contribution in [0.5, 0.6) is 0 Å². The monoisotopic (exact) mass is 269 g/mol. The van der Waals surface area contributed by atoms with Crippen molar-refractivity contribution in [1.82, 2.24) is 9.97 Å². The van der Waals surface area contributed by atoms with E-state index in [-0.39, 0.29) is 5.92 Å². The standard InChI is InChI=1S/C15H15N3S/c16-10-11(9-12-5-3-4-8-17-12)15-18-13-6-1-2-7-14(13)19-15/h1-8,11H,9-10,16H2. The molecule has 1 atom stereocenters. The van der Waals surface area contributed by atoms with Gasteiger partial charge in [0.25, 0.3) is 0 Å². The third-order valence-corrected chi connectivity index (χ3v) is 4.32. The summed E-state index contributed by atoms with van der Waals surface area (Å²) < 4.78 is 1.22. The van der Waals surface area contributed by atoms with Crippen molar-refractivity contribution in [3.8, 4) is 0 Å². The Bertz CT molecular complexity index is 630. The molecule has 0 radical (unpaired) electrons. The molecule has 3 aromatic rings. The molecule has 0 aliphatic rings. The van der Waals surface area contributed by atoms with E-state index < -0.39 is 0 Å². The molecule has 4 heteroatoms. The molecule has 3 nitrogen and oxygen atoms in total. The molecule has 0 saturated carbocycles. The van der Waals surface area contributed by atoms with Gasteiger partial charge < -0.3 is 5.73 Å². The first-order chi connectivity index (χ1) is 9.36.